The minimum absolute atomic E-state index is 0.303. The van der Waals surface area contributed by atoms with Crippen LogP contribution >= 0.6 is 11.8 Å². The van der Waals surface area contributed by atoms with Gasteiger partial charge in [-0.1, -0.05) is 17.7 Å². The second-order valence-corrected chi connectivity index (χ2v) is 6.37. The zero-order valence-electron chi connectivity index (χ0n) is 14.6. The van der Waals surface area contributed by atoms with Crippen molar-refractivity contribution in [2.75, 3.05) is 24.7 Å². The highest BCUT2D eigenvalue weighted by Crippen LogP contribution is 2.17. The van der Waals surface area contributed by atoms with Gasteiger partial charge >= 0.3 is 5.97 Å². The van der Waals surface area contributed by atoms with Crippen molar-refractivity contribution in [2.45, 2.75) is 11.8 Å². The number of anilines is 1. The van der Waals surface area contributed by atoms with Crippen molar-refractivity contribution in [1.29, 1.82) is 0 Å². The van der Waals surface area contributed by atoms with Gasteiger partial charge in [0.15, 0.2) is 6.61 Å². The average molecular weight is 372 g/mol. The summed E-state index contributed by atoms with van der Waals surface area (Å²) in [5, 5.41) is 5.10. The fraction of sp³-hybridized carbons (Fsp3) is 0.211. The van der Waals surface area contributed by atoms with Crippen LogP contribution in [0.5, 0.6) is 0 Å². The number of carbonyl (C=O) groups is 3. The molecule has 6 nitrogen and oxygen atoms in total. The Morgan fingerprint density at radius 2 is 1.81 bits per heavy atom. The molecule has 0 spiro atoms. The Labute approximate surface area is 156 Å². The van der Waals surface area contributed by atoms with Crippen LogP contribution in [0.4, 0.5) is 5.69 Å². The first-order valence-corrected chi connectivity index (χ1v) is 9.15. The zero-order valence-corrected chi connectivity index (χ0v) is 15.4. The van der Waals surface area contributed by atoms with Gasteiger partial charge in [-0.15, -0.1) is 11.8 Å². The van der Waals surface area contributed by atoms with Gasteiger partial charge in [0.2, 0.25) is 0 Å². The van der Waals surface area contributed by atoms with Crippen LogP contribution in [-0.4, -0.2) is 37.2 Å². The Morgan fingerprint density at radius 1 is 1.08 bits per heavy atom. The minimum atomic E-state index is -0.682. The highest BCUT2D eigenvalue weighted by Gasteiger charge is 2.11. The predicted octanol–water partition coefficient (Wildman–Crippen LogP) is 2.63. The first-order valence-electron chi connectivity index (χ1n) is 7.92. The first kappa shape index (κ1) is 19.5. The van der Waals surface area contributed by atoms with Crippen molar-refractivity contribution in [3.05, 3.63) is 59.7 Å². The lowest BCUT2D eigenvalue weighted by Crippen LogP contribution is -2.32. The van der Waals surface area contributed by atoms with E-state index < -0.39 is 18.5 Å². The van der Waals surface area contributed by atoms with Gasteiger partial charge in [-0.05, 0) is 49.6 Å². The van der Waals surface area contributed by atoms with E-state index in [1.165, 1.54) is 0 Å². The second-order valence-electron chi connectivity index (χ2n) is 5.49. The largest absolute Gasteiger partial charge is 0.454 e. The van der Waals surface area contributed by atoms with Crippen molar-refractivity contribution in [3.63, 3.8) is 0 Å². The minimum Gasteiger partial charge on any atom is -0.454 e. The van der Waals surface area contributed by atoms with E-state index in [0.29, 0.717) is 11.3 Å². The number of carbonyl (C=O) groups excluding carboxylic acids is 3. The van der Waals surface area contributed by atoms with Crippen LogP contribution in [-0.2, 0) is 14.3 Å². The van der Waals surface area contributed by atoms with Crippen LogP contribution < -0.4 is 10.6 Å². The molecule has 26 heavy (non-hydrogen) atoms. The molecule has 0 bridgehead atoms. The lowest BCUT2D eigenvalue weighted by molar-refractivity contribution is -0.146. The zero-order chi connectivity index (χ0) is 18.9. The maximum absolute atomic E-state index is 11.9. The van der Waals surface area contributed by atoms with Crippen molar-refractivity contribution in [3.8, 4) is 0 Å². The van der Waals surface area contributed by atoms with Gasteiger partial charge in [0.1, 0.15) is 6.54 Å². The molecule has 0 aliphatic heterocycles. The summed E-state index contributed by atoms with van der Waals surface area (Å²) < 4.78 is 4.86. The summed E-state index contributed by atoms with van der Waals surface area (Å²) in [5.41, 5.74) is 2.03. The third kappa shape index (κ3) is 6.25. The lowest BCUT2D eigenvalue weighted by Gasteiger charge is -2.08. The predicted molar refractivity (Wildman–Crippen MR) is 101 cm³/mol. The molecule has 0 saturated carbocycles. The lowest BCUT2D eigenvalue weighted by atomic mass is 10.1. The average Bonchev–Trinajstić information content (AvgIpc) is 2.65. The van der Waals surface area contributed by atoms with Crippen molar-refractivity contribution in [1.82, 2.24) is 5.32 Å². The fourth-order valence-corrected chi connectivity index (χ4v) is 2.52. The number of ether oxygens (including phenoxy) is 1. The molecule has 0 fully saturated rings. The summed E-state index contributed by atoms with van der Waals surface area (Å²) in [7, 11) is 0. The van der Waals surface area contributed by atoms with E-state index in [2.05, 4.69) is 10.6 Å². The molecule has 2 aromatic rings. The molecule has 2 rings (SSSR count). The highest BCUT2D eigenvalue weighted by atomic mass is 32.2. The Hall–Kier alpha value is -2.80. The van der Waals surface area contributed by atoms with Gasteiger partial charge in [0.05, 0.1) is 0 Å². The van der Waals surface area contributed by atoms with Gasteiger partial charge in [0, 0.05) is 16.1 Å². The molecule has 0 unspecified atom stereocenters. The number of thioether (sulfide) groups is 1. The molecule has 0 aromatic heterocycles. The molecule has 0 saturated heterocycles. The second kappa shape index (κ2) is 9.62. The summed E-state index contributed by atoms with van der Waals surface area (Å²) in [6, 6.07) is 14.3. The van der Waals surface area contributed by atoms with Crippen LogP contribution in [0.2, 0.25) is 0 Å². The molecule has 0 aliphatic rings. The molecule has 0 radical (unpaired) electrons. The maximum Gasteiger partial charge on any atom is 0.325 e. The van der Waals surface area contributed by atoms with E-state index in [9.17, 15) is 14.4 Å². The molecule has 2 N–H and O–H groups in total. The van der Waals surface area contributed by atoms with Crippen molar-refractivity contribution in [2.24, 2.45) is 0 Å². The third-order valence-corrected chi connectivity index (χ3v) is 4.16. The Morgan fingerprint density at radius 3 is 2.46 bits per heavy atom. The molecule has 2 aromatic carbocycles. The first-order chi connectivity index (χ1) is 12.5. The normalized spacial score (nSPS) is 10.1. The summed E-state index contributed by atoms with van der Waals surface area (Å²) in [4.78, 5) is 36.5. The van der Waals surface area contributed by atoms with Crippen molar-refractivity contribution < 1.29 is 19.1 Å². The smallest absolute Gasteiger partial charge is 0.325 e. The topological polar surface area (TPSA) is 84.5 Å². The Balaban J connectivity index is 1.72. The number of hydrogen-bond acceptors (Lipinski definition) is 5. The summed E-state index contributed by atoms with van der Waals surface area (Å²) in [6.07, 6.45) is 1.96. The van der Waals surface area contributed by atoms with Crippen LogP contribution in [0.15, 0.2) is 53.4 Å². The number of aryl methyl sites for hydroxylation is 1. The number of esters is 1. The van der Waals surface area contributed by atoms with Crippen LogP contribution in [0, 0.1) is 6.92 Å². The number of hydrogen-bond donors (Lipinski definition) is 2. The summed E-state index contributed by atoms with van der Waals surface area (Å²) in [5.74, 6) is -1.50. The molecular formula is C19H20N2O4S. The van der Waals surface area contributed by atoms with Crippen LogP contribution in [0.25, 0.3) is 0 Å². The number of rotatable bonds is 7. The highest BCUT2D eigenvalue weighted by molar-refractivity contribution is 7.98. The fourth-order valence-electron chi connectivity index (χ4n) is 2.11. The quantitative estimate of drug-likeness (QED) is 0.577. The molecule has 2 amide bonds. The number of amides is 2. The van der Waals surface area contributed by atoms with Crippen LogP contribution in [0.3, 0.4) is 0 Å². The number of nitrogens with one attached hydrogen (secondary N) is 2. The third-order valence-electron chi connectivity index (χ3n) is 3.41. The Kier molecular flexibility index (Phi) is 7.23. The molecule has 0 heterocycles. The van der Waals surface area contributed by atoms with E-state index in [1.54, 1.807) is 42.1 Å². The number of benzene rings is 2. The van der Waals surface area contributed by atoms with Gasteiger partial charge in [-0.3, -0.25) is 14.4 Å². The molecule has 0 aliphatic carbocycles. The van der Waals surface area contributed by atoms with Gasteiger partial charge < -0.3 is 15.4 Å². The van der Waals surface area contributed by atoms with Gasteiger partial charge in [-0.2, -0.15) is 0 Å². The van der Waals surface area contributed by atoms with E-state index >= 15 is 0 Å². The monoisotopic (exact) mass is 372 g/mol. The van der Waals surface area contributed by atoms with E-state index in [0.717, 1.165) is 10.5 Å². The summed E-state index contributed by atoms with van der Waals surface area (Å²) >= 11 is 1.60. The molecular weight excluding hydrogens is 352 g/mol. The summed E-state index contributed by atoms with van der Waals surface area (Å²) in [6.45, 7) is 1.16. The van der Waals surface area contributed by atoms with Crippen molar-refractivity contribution >= 4 is 35.2 Å². The standard InChI is InChI=1S/C19H20N2O4S/c1-13-4-3-5-14(10-13)19(24)20-11-18(23)25-12-17(22)21-15-6-8-16(26-2)9-7-15/h3-10H,11-12H2,1-2H3,(H,20,24)(H,21,22). The SMILES string of the molecule is CSc1ccc(NC(=O)COC(=O)CNC(=O)c2cccc(C)c2)cc1. The van der Waals surface area contributed by atoms with E-state index in [4.69, 9.17) is 4.74 Å². The van der Waals surface area contributed by atoms with Crippen LogP contribution in [0.1, 0.15) is 15.9 Å². The van der Waals surface area contributed by atoms with E-state index in [1.807, 2.05) is 31.4 Å². The molecule has 0 atom stereocenters. The Bertz CT molecular complexity index is 790. The molecule has 7 heteroatoms. The van der Waals surface area contributed by atoms with E-state index in [-0.39, 0.29) is 12.5 Å². The maximum atomic E-state index is 11.9. The van der Waals surface area contributed by atoms with Gasteiger partial charge in [0.25, 0.3) is 11.8 Å². The van der Waals surface area contributed by atoms with Gasteiger partial charge in [-0.25, -0.2) is 0 Å². The molecule has 136 valence electrons.